The molecular weight excluding hydrogens is 276 g/mol. The van der Waals surface area contributed by atoms with Crippen molar-refractivity contribution in [2.45, 2.75) is 58.0 Å². The van der Waals surface area contributed by atoms with Gasteiger partial charge in [-0.1, -0.05) is 51.0 Å². The molecule has 0 radical (unpaired) electrons. The fourth-order valence-corrected chi connectivity index (χ4v) is 3.11. The summed E-state index contributed by atoms with van der Waals surface area (Å²) in [6, 6.07) is 8.34. The van der Waals surface area contributed by atoms with Crippen molar-refractivity contribution in [3.05, 3.63) is 35.4 Å². The molecule has 0 aliphatic carbocycles. The van der Waals surface area contributed by atoms with Crippen LogP contribution in [0.1, 0.15) is 31.9 Å². The second kappa shape index (κ2) is 7.26. The van der Waals surface area contributed by atoms with Crippen LogP contribution < -0.4 is 0 Å². The third kappa shape index (κ3) is 5.31. The van der Waals surface area contributed by atoms with Crippen molar-refractivity contribution in [1.82, 2.24) is 0 Å². The molecule has 0 fully saturated rings. The Kier molecular flexibility index (Phi) is 6.21. The first-order valence-electron chi connectivity index (χ1n) is 7.40. The van der Waals surface area contributed by atoms with E-state index in [1.165, 1.54) is 5.56 Å². The third-order valence-corrected chi connectivity index (χ3v) is 8.64. The van der Waals surface area contributed by atoms with Crippen molar-refractivity contribution >= 4 is 8.32 Å². The summed E-state index contributed by atoms with van der Waals surface area (Å²) in [6.45, 7) is 11.8. The van der Waals surface area contributed by atoms with Crippen LogP contribution in [0.5, 0.6) is 0 Å². The molecule has 0 aliphatic rings. The van der Waals surface area contributed by atoms with Gasteiger partial charge in [0.1, 0.15) is 6.10 Å². The van der Waals surface area contributed by atoms with Crippen molar-refractivity contribution in [1.29, 1.82) is 0 Å². The average molecular weight is 305 g/mol. The molecule has 0 amide bonds. The summed E-state index contributed by atoms with van der Waals surface area (Å²) in [7, 11) is -0.133. The first kappa shape index (κ1) is 18.0. The summed E-state index contributed by atoms with van der Waals surface area (Å²) in [6.07, 6.45) is 6.28. The molecule has 1 atom stereocenters. The molecule has 21 heavy (non-hydrogen) atoms. The van der Waals surface area contributed by atoms with E-state index >= 15 is 0 Å². The van der Waals surface area contributed by atoms with Crippen LogP contribution in [-0.2, 0) is 22.2 Å². The van der Waals surface area contributed by atoms with E-state index in [0.29, 0.717) is 6.61 Å². The van der Waals surface area contributed by atoms with Crippen LogP contribution in [0.3, 0.4) is 0 Å². The molecule has 0 saturated heterocycles. The first-order valence-corrected chi connectivity index (χ1v) is 10.3. The van der Waals surface area contributed by atoms with E-state index in [4.69, 9.17) is 15.6 Å². The molecule has 1 aromatic rings. The Morgan fingerprint density at radius 2 is 1.86 bits per heavy atom. The van der Waals surface area contributed by atoms with E-state index < -0.39 is 8.32 Å². The van der Waals surface area contributed by atoms with E-state index in [-0.39, 0.29) is 11.1 Å². The fraction of sp³-hybridized carbons (Fsp3) is 0.556. The number of terminal acetylenes is 1. The fourth-order valence-electron chi connectivity index (χ4n) is 1.89. The lowest BCUT2D eigenvalue weighted by molar-refractivity contribution is 0.184. The number of methoxy groups -OCH3 is 1. The zero-order chi connectivity index (χ0) is 16.1. The number of hydrogen-bond acceptors (Lipinski definition) is 2. The molecule has 0 aliphatic heterocycles. The van der Waals surface area contributed by atoms with Crippen molar-refractivity contribution in [3.63, 3.8) is 0 Å². The predicted octanol–water partition coefficient (Wildman–Crippen LogP) is 4.40. The van der Waals surface area contributed by atoms with Crippen LogP contribution in [0.15, 0.2) is 24.3 Å². The molecule has 1 rings (SSSR count). The quantitative estimate of drug-likeness (QED) is 0.573. The third-order valence-electron chi connectivity index (χ3n) is 4.15. The van der Waals surface area contributed by atoms with Crippen LogP contribution in [-0.4, -0.2) is 21.5 Å². The van der Waals surface area contributed by atoms with E-state index in [0.717, 1.165) is 12.0 Å². The minimum atomic E-state index is -1.84. The van der Waals surface area contributed by atoms with Crippen LogP contribution in [0, 0.1) is 12.3 Å². The van der Waals surface area contributed by atoms with Gasteiger partial charge in [-0.25, -0.2) is 0 Å². The highest BCUT2D eigenvalue weighted by molar-refractivity contribution is 6.74. The maximum atomic E-state index is 6.33. The first-order chi connectivity index (χ1) is 9.69. The summed E-state index contributed by atoms with van der Waals surface area (Å²) in [5, 5.41) is 0.167. The monoisotopic (exact) mass is 304 g/mol. The minimum absolute atomic E-state index is 0.163. The van der Waals surface area contributed by atoms with Crippen molar-refractivity contribution in [2.24, 2.45) is 0 Å². The zero-order valence-electron chi connectivity index (χ0n) is 14.2. The van der Waals surface area contributed by atoms with Gasteiger partial charge >= 0.3 is 0 Å². The van der Waals surface area contributed by atoms with Gasteiger partial charge in [-0.05, 0) is 29.3 Å². The molecule has 0 N–H and O–H groups in total. The van der Waals surface area contributed by atoms with Gasteiger partial charge in [-0.3, -0.25) is 0 Å². The Morgan fingerprint density at radius 1 is 1.24 bits per heavy atom. The summed E-state index contributed by atoms with van der Waals surface area (Å²) in [5.74, 6) is 2.81. The molecule has 0 heterocycles. The molecule has 3 heteroatoms. The highest BCUT2D eigenvalue weighted by atomic mass is 28.4. The Morgan fingerprint density at radius 3 is 2.38 bits per heavy atom. The average Bonchev–Trinajstić information content (AvgIpc) is 2.37. The molecule has 2 nitrogen and oxygen atoms in total. The minimum Gasteiger partial charge on any atom is -0.403 e. The highest BCUT2D eigenvalue weighted by Gasteiger charge is 2.38. The van der Waals surface area contributed by atoms with Gasteiger partial charge in [-0.15, -0.1) is 6.42 Å². The summed E-state index contributed by atoms with van der Waals surface area (Å²) >= 11 is 0. The number of ether oxygens (including phenoxy) is 1. The van der Waals surface area contributed by atoms with Crippen LogP contribution in [0.4, 0.5) is 0 Å². The second-order valence-corrected chi connectivity index (χ2v) is 11.7. The lowest BCUT2D eigenvalue weighted by Crippen LogP contribution is -2.44. The van der Waals surface area contributed by atoms with Gasteiger partial charge in [0, 0.05) is 13.5 Å². The Hall–Kier alpha value is -1.08. The second-order valence-electron chi connectivity index (χ2n) is 6.99. The standard InChI is InChI=1S/C18H28O2Si/c1-8-17(20-21(6,7)18(2,3)4)13-15-10-9-11-16(12-15)14-19-5/h1,9-12,17H,13-14H2,2-7H3/t17-/m1/s1. The summed E-state index contributed by atoms with van der Waals surface area (Å²) < 4.78 is 11.5. The largest absolute Gasteiger partial charge is 0.403 e. The molecule has 0 saturated carbocycles. The summed E-state index contributed by atoms with van der Waals surface area (Å²) in [5.41, 5.74) is 2.37. The van der Waals surface area contributed by atoms with Crippen LogP contribution >= 0.6 is 0 Å². The topological polar surface area (TPSA) is 18.5 Å². The Balaban J connectivity index is 2.80. The number of benzene rings is 1. The smallest absolute Gasteiger partial charge is 0.193 e. The lowest BCUT2D eigenvalue weighted by atomic mass is 10.1. The van der Waals surface area contributed by atoms with E-state index in [2.05, 4.69) is 58.0 Å². The lowest BCUT2D eigenvalue weighted by Gasteiger charge is -2.38. The number of hydrogen-bond donors (Lipinski definition) is 0. The van der Waals surface area contributed by atoms with Crippen molar-refractivity contribution in [2.75, 3.05) is 7.11 Å². The van der Waals surface area contributed by atoms with Crippen LogP contribution in [0.2, 0.25) is 18.1 Å². The van der Waals surface area contributed by atoms with Gasteiger partial charge in [-0.2, -0.15) is 0 Å². The van der Waals surface area contributed by atoms with Crippen molar-refractivity contribution < 1.29 is 9.16 Å². The molecule has 0 aromatic heterocycles. The Bertz CT molecular complexity index is 495. The SMILES string of the molecule is C#C[C@H](Cc1cccc(COC)c1)O[Si](C)(C)C(C)(C)C. The molecule has 0 bridgehead atoms. The number of rotatable bonds is 6. The highest BCUT2D eigenvalue weighted by Crippen LogP contribution is 2.37. The van der Waals surface area contributed by atoms with Gasteiger partial charge in [0.2, 0.25) is 0 Å². The van der Waals surface area contributed by atoms with E-state index in [1.807, 2.05) is 6.07 Å². The van der Waals surface area contributed by atoms with E-state index in [9.17, 15) is 0 Å². The normalized spacial score (nSPS) is 13.8. The van der Waals surface area contributed by atoms with Gasteiger partial charge in [0.05, 0.1) is 6.61 Å². The molecule has 1 aromatic carbocycles. The van der Waals surface area contributed by atoms with Gasteiger partial charge in [0.15, 0.2) is 8.32 Å². The Labute approximate surface area is 131 Å². The van der Waals surface area contributed by atoms with E-state index in [1.54, 1.807) is 7.11 Å². The maximum absolute atomic E-state index is 6.33. The van der Waals surface area contributed by atoms with Gasteiger partial charge in [0.25, 0.3) is 0 Å². The van der Waals surface area contributed by atoms with Crippen LogP contribution in [0.25, 0.3) is 0 Å². The zero-order valence-corrected chi connectivity index (χ0v) is 15.2. The molecular formula is C18H28O2Si. The van der Waals surface area contributed by atoms with Gasteiger partial charge < -0.3 is 9.16 Å². The molecule has 0 unspecified atom stereocenters. The molecule has 116 valence electrons. The van der Waals surface area contributed by atoms with Crippen molar-refractivity contribution in [3.8, 4) is 12.3 Å². The maximum Gasteiger partial charge on any atom is 0.193 e. The molecule has 0 spiro atoms. The predicted molar refractivity (Wildman–Crippen MR) is 91.8 cm³/mol. The summed E-state index contributed by atoms with van der Waals surface area (Å²) in [4.78, 5) is 0.